The van der Waals surface area contributed by atoms with E-state index in [0.29, 0.717) is 0 Å². The summed E-state index contributed by atoms with van der Waals surface area (Å²) in [6.45, 7) is 94.6. The van der Waals surface area contributed by atoms with Crippen LogP contribution >= 0.6 is 28.1 Å². The molecule has 0 amide bonds. The molecule has 0 aromatic rings. The van der Waals surface area contributed by atoms with Crippen molar-refractivity contribution in [3.05, 3.63) is 26.3 Å². The number of hydrogen-bond donors (Lipinski definition) is 0. The van der Waals surface area contributed by atoms with Gasteiger partial charge < -0.3 is 47.3 Å². The Kier molecular flexibility index (Phi) is 37.3. The zero-order valence-electron chi connectivity index (χ0n) is 39.4. The molecule has 0 aromatic heterocycles. The molecule has 0 N–H and O–H groups in total. The van der Waals surface area contributed by atoms with Gasteiger partial charge in [-0.2, -0.15) is 0 Å². The minimum atomic E-state index is -1.04. The average molecular weight is 1290 g/mol. The minimum Gasteiger partial charge on any atom is -0.512 e. The summed E-state index contributed by atoms with van der Waals surface area (Å²) in [5, 5.41) is 25.0. The minimum absolute atomic E-state index is 0. The molecule has 0 saturated carbocycles. The Labute approximate surface area is 370 Å². The van der Waals surface area contributed by atoms with Crippen LogP contribution in [0.25, 0.3) is 0 Å². The first-order chi connectivity index (χ1) is 21.5. The Morgan fingerprint density at radius 3 is 0.346 bits per heavy atom. The monoisotopic (exact) mass is 1290 g/mol. The molecule has 0 aromatic carbocycles. The van der Waals surface area contributed by atoms with E-state index >= 15 is 0 Å². The fraction of sp³-hybridized carbons (Fsp3) is 0.882. The van der Waals surface area contributed by atoms with Crippen LogP contribution in [-0.2, 0) is 42.1 Å². The number of rotatable bonds is 12. The van der Waals surface area contributed by atoms with Gasteiger partial charge in [-0.3, -0.25) is 0 Å². The second-order valence-corrected chi connectivity index (χ2v) is 122. The molecular weight excluding hydrogens is 1200 g/mol. The first kappa shape index (κ1) is 72.4. The molecule has 4 nitrogen and oxygen atoms in total. The molecule has 0 rings (SSSR count). The van der Waals surface area contributed by atoms with E-state index in [-0.39, 0.29) is 70.2 Å². The van der Waals surface area contributed by atoms with Gasteiger partial charge in [-0.25, -0.2) is 0 Å². The molecule has 52 heavy (non-hydrogen) atoms. The van der Waals surface area contributed by atoms with E-state index in [9.17, 15) is 0 Å². The van der Waals surface area contributed by atoms with Crippen LogP contribution in [-0.4, -0.2) is 71.7 Å². The van der Waals surface area contributed by atoms with E-state index in [0.717, 1.165) is 9.79 Å². The van der Waals surface area contributed by atoms with Crippen molar-refractivity contribution < 1.29 is 42.1 Å². The van der Waals surface area contributed by atoms with Gasteiger partial charge >= 0.3 is 0 Å². The van der Waals surface area contributed by atoms with E-state index < -0.39 is 61.9 Å². The summed E-state index contributed by atoms with van der Waals surface area (Å²) in [5.74, 6) is 0. The molecule has 0 radical (unpaired) electrons. The molecule has 0 atom stereocenters. The van der Waals surface area contributed by atoms with Gasteiger partial charge in [-0.1, -0.05) is 0 Å². The number of hydrogen-bond acceptors (Lipinski definition) is 4. The van der Waals surface area contributed by atoms with Crippen LogP contribution < -0.4 is 0 Å². The van der Waals surface area contributed by atoms with Gasteiger partial charge in [0.05, 0.1) is 0 Å². The van der Waals surface area contributed by atoms with Crippen molar-refractivity contribution in [2.45, 2.75) is 195 Å². The van der Waals surface area contributed by atoms with Crippen molar-refractivity contribution in [1.29, 1.82) is 21.0 Å². The molecule has 316 valence electrons. The second kappa shape index (κ2) is 26.8. The molecule has 0 heterocycles. The van der Waals surface area contributed by atoms with Crippen LogP contribution in [0, 0.1) is 47.3 Å². The van der Waals surface area contributed by atoms with Crippen LogP contribution in [0.4, 0.5) is 0 Å². The third-order valence-electron chi connectivity index (χ3n) is 8.50. The van der Waals surface area contributed by atoms with E-state index in [4.69, 9.17) is 47.3 Å². The average Bonchev–Trinajstić information content (AvgIpc) is 2.75. The van der Waals surface area contributed by atoms with Crippen molar-refractivity contribution >= 4 is 90.0 Å². The molecule has 0 fully saturated rings. The van der Waals surface area contributed by atoms with Crippen molar-refractivity contribution in [1.82, 2.24) is 0 Å². The maximum Gasteiger partial charge on any atom is 0.210 e. The Morgan fingerprint density at radius 1 is 0.250 bits per heavy atom. The van der Waals surface area contributed by atoms with E-state index in [1.54, 1.807) is 0 Å². The maximum atomic E-state index is 6.25. The topological polar surface area (TPSA) is 95.2 Å². The zero-order chi connectivity index (χ0) is 43.3. The van der Waals surface area contributed by atoms with E-state index in [1.807, 2.05) is 0 Å². The molecule has 0 unspecified atom stereocenters. The predicted octanol–water partition coefficient (Wildman–Crippen LogP) is 15.4. The predicted molar refractivity (Wildman–Crippen MR) is 268 cm³/mol. The van der Waals surface area contributed by atoms with Crippen LogP contribution in [0.15, 0.2) is 0 Å². The summed E-state index contributed by atoms with van der Waals surface area (Å²) < 4.78 is 0. The number of nitrogens with zero attached hydrogens (tertiary/aromatic N) is 4. The van der Waals surface area contributed by atoms with Crippen LogP contribution in [0.2, 0.25) is 157 Å². The third-order valence-corrected chi connectivity index (χ3v) is 140. The molecular formula is C34H88N4P4Pt2Si8. The molecule has 0 saturated heterocycles. The van der Waals surface area contributed by atoms with Crippen molar-refractivity contribution in [3.63, 3.8) is 0 Å². The summed E-state index contributed by atoms with van der Waals surface area (Å²) in [4.78, 5) is 1.44. The second-order valence-electron chi connectivity index (χ2n) is 22.8. The standard InChI is InChI=1S/2C15H42P2Si4.4CN.2Pt/c2*1-15(2,16(18(3,4)5)19(6,7)8)17(20(9,10)11)21(12,13)14;4*1-2;;/h2*1-14H3;;;;;;/q;;4*-1;;/p+4. The van der Waals surface area contributed by atoms with Crippen molar-refractivity contribution in [2.24, 2.45) is 0 Å². The molecule has 0 aliphatic rings. The molecule has 0 aliphatic carbocycles. The van der Waals surface area contributed by atoms with Gasteiger partial charge in [0.1, 0.15) is 9.79 Å². The SMILES string of the molecule is CC(C)([PH+]([Si](C)(C)C)[Si](C)(C)C)[PH+]([Si](C)(C)C)[Si](C)(C)C.CC(C)([PH+]([Si](C)(C)C)[Si](C)(C)C)[PH+]([Si](C)(C)C)[Si](C)(C)C.[C-]#N.[C-]#N.[C-]#N.[C-]#N.[Pt].[Pt]. The summed E-state index contributed by atoms with van der Waals surface area (Å²) in [6.07, 6.45) is 0. The smallest absolute Gasteiger partial charge is 0.210 e. The third kappa shape index (κ3) is 25.3. The maximum absolute atomic E-state index is 6.25. The molecule has 0 bridgehead atoms. The molecule has 18 heteroatoms. The van der Waals surface area contributed by atoms with Crippen LogP contribution in [0.3, 0.4) is 0 Å². The Hall–Kier alpha value is 2.79. The van der Waals surface area contributed by atoms with Gasteiger partial charge in [-0.15, -0.1) is 0 Å². The van der Waals surface area contributed by atoms with Gasteiger partial charge in [-0.05, 0) is 185 Å². The van der Waals surface area contributed by atoms with Crippen molar-refractivity contribution in [3.8, 4) is 0 Å². The van der Waals surface area contributed by atoms with Crippen molar-refractivity contribution in [2.75, 3.05) is 0 Å². The quantitative estimate of drug-likeness (QED) is 0.110. The van der Waals surface area contributed by atoms with E-state index in [1.165, 1.54) is 0 Å². The van der Waals surface area contributed by atoms with E-state index in [2.05, 4.69) is 185 Å². The summed E-state index contributed by atoms with van der Waals surface area (Å²) in [6, 6.07) is 0. The fourth-order valence-electron chi connectivity index (χ4n) is 12.2. The Bertz CT molecular complexity index is 832. The van der Waals surface area contributed by atoms with Gasteiger partial charge in [0, 0.05) is 69.8 Å². The Morgan fingerprint density at radius 2 is 0.308 bits per heavy atom. The molecule has 0 aliphatic heterocycles. The van der Waals surface area contributed by atoms with Gasteiger partial charge in [0.15, 0.2) is 0 Å². The van der Waals surface area contributed by atoms with Crippen LogP contribution in [0.5, 0.6) is 0 Å². The molecule has 0 spiro atoms. The first-order valence-corrected chi connectivity index (χ1v) is 59.9. The first-order valence-electron chi connectivity index (χ1n) is 17.9. The normalized spacial score (nSPS) is 13.1. The summed E-state index contributed by atoms with van der Waals surface area (Å²) in [7, 11) is -9.25. The zero-order valence-corrected chi connectivity index (χ0v) is 56.0. The fourth-order valence-corrected chi connectivity index (χ4v) is 236. The van der Waals surface area contributed by atoms with Gasteiger partial charge in [0.25, 0.3) is 0 Å². The van der Waals surface area contributed by atoms with Gasteiger partial charge in [0.2, 0.25) is 61.9 Å². The van der Waals surface area contributed by atoms with Crippen LogP contribution in [0.1, 0.15) is 27.7 Å². The summed E-state index contributed by atoms with van der Waals surface area (Å²) in [5.41, 5.74) is 0. The summed E-state index contributed by atoms with van der Waals surface area (Å²) >= 11 is 0. The Balaban J connectivity index is -0.000000100. The largest absolute Gasteiger partial charge is 0.512 e.